The van der Waals surface area contributed by atoms with Crippen molar-refractivity contribution in [2.24, 2.45) is 0 Å². The molecule has 0 spiro atoms. The van der Waals surface area contributed by atoms with Gasteiger partial charge in [-0.05, 0) is 54.7 Å². The summed E-state index contributed by atoms with van der Waals surface area (Å²) in [5, 5.41) is 2.84. The molecular weight excluding hydrogens is 411 g/mol. The number of anilines is 1. The summed E-state index contributed by atoms with van der Waals surface area (Å²) < 4.78 is 19.9. The number of hydrogen-bond donors (Lipinski definition) is 1. The van der Waals surface area contributed by atoms with Gasteiger partial charge in [0.1, 0.15) is 17.2 Å². The van der Waals surface area contributed by atoms with Crippen LogP contribution in [-0.4, -0.2) is 16.9 Å². The number of halogens is 1. The molecule has 1 aliphatic rings. The molecule has 1 N–H and O–H groups in total. The van der Waals surface area contributed by atoms with Crippen molar-refractivity contribution in [3.63, 3.8) is 0 Å². The van der Waals surface area contributed by atoms with Crippen LogP contribution in [0.25, 0.3) is 6.08 Å². The van der Waals surface area contributed by atoms with Gasteiger partial charge in [-0.2, -0.15) is 0 Å². The van der Waals surface area contributed by atoms with Crippen LogP contribution in [0.15, 0.2) is 86.7 Å². The van der Waals surface area contributed by atoms with Crippen LogP contribution in [0.4, 0.5) is 10.1 Å². The number of thiocarbonyl (C=S) groups is 1. The van der Waals surface area contributed by atoms with Crippen molar-refractivity contribution in [2.75, 3.05) is 4.90 Å². The summed E-state index contributed by atoms with van der Waals surface area (Å²) in [6.07, 6.45) is 1.32. The van der Waals surface area contributed by atoms with Crippen molar-refractivity contribution in [3.05, 3.63) is 83.9 Å². The highest BCUT2D eigenvalue weighted by Gasteiger charge is 2.35. The Balaban J connectivity index is 1.63. The van der Waals surface area contributed by atoms with Gasteiger partial charge >= 0.3 is 0 Å². The number of hydrogen-bond acceptors (Lipinski definition) is 5. The van der Waals surface area contributed by atoms with Gasteiger partial charge < -0.3 is 4.42 Å². The van der Waals surface area contributed by atoms with Gasteiger partial charge in [-0.3, -0.25) is 14.9 Å². The van der Waals surface area contributed by atoms with Crippen LogP contribution in [0, 0.1) is 5.82 Å². The first-order valence-electron chi connectivity index (χ1n) is 8.51. The van der Waals surface area contributed by atoms with E-state index in [2.05, 4.69) is 5.32 Å². The maximum atomic E-state index is 14.2. The van der Waals surface area contributed by atoms with Gasteiger partial charge in [0.15, 0.2) is 10.2 Å². The molecule has 0 saturated carbocycles. The second-order valence-electron chi connectivity index (χ2n) is 5.98. The fourth-order valence-electron chi connectivity index (χ4n) is 2.72. The first-order chi connectivity index (χ1) is 14.0. The van der Waals surface area contributed by atoms with Crippen molar-refractivity contribution in [1.29, 1.82) is 0 Å². The lowest BCUT2D eigenvalue weighted by Crippen LogP contribution is -2.54. The summed E-state index contributed by atoms with van der Waals surface area (Å²) in [6, 6.07) is 18.7. The van der Waals surface area contributed by atoms with Gasteiger partial charge in [-0.15, -0.1) is 0 Å². The molecule has 0 radical (unpaired) electrons. The molecule has 8 heteroatoms. The molecule has 0 atom stereocenters. The van der Waals surface area contributed by atoms with Gasteiger partial charge in [-0.1, -0.05) is 42.1 Å². The fourth-order valence-corrected chi connectivity index (χ4v) is 3.80. The average molecular weight is 424 g/mol. The van der Waals surface area contributed by atoms with E-state index in [4.69, 9.17) is 16.6 Å². The topological polar surface area (TPSA) is 62.6 Å². The quantitative estimate of drug-likeness (QED) is 0.382. The summed E-state index contributed by atoms with van der Waals surface area (Å²) in [6.45, 7) is 0. The smallest absolute Gasteiger partial charge is 0.270 e. The van der Waals surface area contributed by atoms with E-state index >= 15 is 0 Å². The largest absolute Gasteiger partial charge is 0.450 e. The lowest BCUT2D eigenvalue weighted by atomic mass is 10.1. The Morgan fingerprint density at radius 2 is 1.72 bits per heavy atom. The number of benzene rings is 2. The molecule has 2 aromatic carbocycles. The molecule has 2 amide bonds. The number of rotatable bonds is 4. The molecule has 1 aromatic heterocycles. The molecule has 1 saturated heterocycles. The van der Waals surface area contributed by atoms with Gasteiger partial charge in [0, 0.05) is 4.90 Å². The Bertz CT molecular complexity index is 1140. The monoisotopic (exact) mass is 424 g/mol. The highest BCUT2D eigenvalue weighted by molar-refractivity contribution is 7.99. The minimum atomic E-state index is -0.725. The van der Waals surface area contributed by atoms with Gasteiger partial charge in [-0.25, -0.2) is 9.29 Å². The summed E-state index contributed by atoms with van der Waals surface area (Å²) in [7, 11) is 0. The Morgan fingerprint density at radius 3 is 2.48 bits per heavy atom. The molecular formula is C21H13FN2O3S2. The zero-order valence-corrected chi connectivity index (χ0v) is 16.4. The third kappa shape index (κ3) is 3.98. The van der Waals surface area contributed by atoms with Gasteiger partial charge in [0.2, 0.25) is 0 Å². The molecule has 1 aliphatic heterocycles. The summed E-state index contributed by atoms with van der Waals surface area (Å²) in [4.78, 5) is 27.2. The normalized spacial score (nSPS) is 15.7. The fraction of sp³-hybridized carbons (Fsp3) is 0. The summed E-state index contributed by atoms with van der Waals surface area (Å²) >= 11 is 6.48. The number of furan rings is 1. The predicted octanol–water partition coefficient (Wildman–Crippen LogP) is 4.40. The molecule has 29 heavy (non-hydrogen) atoms. The lowest BCUT2D eigenvalue weighted by Gasteiger charge is -2.28. The molecule has 1 fully saturated rings. The molecule has 2 heterocycles. The minimum absolute atomic E-state index is 0.0341. The Labute approximate surface area is 175 Å². The number of carbonyl (C=O) groups excluding carboxylic acids is 2. The Kier molecular flexibility index (Phi) is 5.28. The van der Waals surface area contributed by atoms with Crippen molar-refractivity contribution in [1.82, 2.24) is 5.32 Å². The number of para-hydroxylation sites is 1. The maximum Gasteiger partial charge on any atom is 0.270 e. The number of nitrogens with one attached hydrogen (secondary N) is 1. The predicted molar refractivity (Wildman–Crippen MR) is 112 cm³/mol. The number of nitrogens with zero attached hydrogens (tertiary/aromatic N) is 1. The third-order valence-electron chi connectivity index (χ3n) is 4.05. The highest BCUT2D eigenvalue weighted by atomic mass is 32.2. The first kappa shape index (κ1) is 19.1. The molecule has 4 rings (SSSR count). The molecule has 5 nitrogen and oxygen atoms in total. The summed E-state index contributed by atoms with van der Waals surface area (Å²) in [5.74, 6) is -1.69. The van der Waals surface area contributed by atoms with E-state index in [0.29, 0.717) is 10.9 Å². The molecule has 0 bridgehead atoms. The van der Waals surface area contributed by atoms with Crippen LogP contribution in [0.2, 0.25) is 0 Å². The van der Waals surface area contributed by atoms with Gasteiger partial charge in [0.25, 0.3) is 11.8 Å². The Hall–Kier alpha value is -3.23. The third-order valence-corrected chi connectivity index (χ3v) is 5.26. The van der Waals surface area contributed by atoms with E-state index < -0.39 is 17.6 Å². The van der Waals surface area contributed by atoms with E-state index in [1.54, 1.807) is 18.2 Å². The van der Waals surface area contributed by atoms with Crippen molar-refractivity contribution >= 4 is 52.7 Å². The van der Waals surface area contributed by atoms with Crippen LogP contribution in [0.1, 0.15) is 5.76 Å². The lowest BCUT2D eigenvalue weighted by molar-refractivity contribution is -0.122. The van der Waals surface area contributed by atoms with E-state index in [1.165, 1.54) is 36.0 Å². The van der Waals surface area contributed by atoms with Crippen LogP contribution in [-0.2, 0) is 9.59 Å². The van der Waals surface area contributed by atoms with E-state index in [9.17, 15) is 14.0 Å². The van der Waals surface area contributed by atoms with Crippen molar-refractivity contribution in [2.45, 2.75) is 9.99 Å². The molecule has 144 valence electrons. The van der Waals surface area contributed by atoms with Crippen molar-refractivity contribution in [3.8, 4) is 0 Å². The molecule has 3 aromatic rings. The zero-order valence-electron chi connectivity index (χ0n) is 14.8. The summed E-state index contributed by atoms with van der Waals surface area (Å²) in [5.41, 5.74) is -0.236. The Morgan fingerprint density at radius 1 is 1.00 bits per heavy atom. The van der Waals surface area contributed by atoms with Crippen LogP contribution in [0.3, 0.4) is 0 Å². The maximum absolute atomic E-state index is 14.2. The first-order valence-corrected chi connectivity index (χ1v) is 9.74. The van der Waals surface area contributed by atoms with Crippen molar-refractivity contribution < 1.29 is 18.4 Å². The minimum Gasteiger partial charge on any atom is -0.450 e. The molecule has 0 aliphatic carbocycles. The van der Waals surface area contributed by atoms with Crippen LogP contribution in [0.5, 0.6) is 0 Å². The van der Waals surface area contributed by atoms with Gasteiger partial charge in [0.05, 0.1) is 5.69 Å². The number of carbonyl (C=O) groups is 2. The van der Waals surface area contributed by atoms with E-state index in [1.807, 2.05) is 30.3 Å². The standard InChI is InChI=1S/C21H13FN2O3S2/c22-16-8-4-5-9-17(16)24-20(26)15(19(25)23-21(24)28)12-13-10-11-18(27-13)29-14-6-2-1-3-7-14/h1-12H,(H,23,25,28). The average Bonchev–Trinajstić information content (AvgIpc) is 3.14. The van der Waals surface area contributed by atoms with E-state index in [0.717, 1.165) is 9.80 Å². The van der Waals surface area contributed by atoms with Crippen LogP contribution < -0.4 is 10.2 Å². The SMILES string of the molecule is O=C1NC(=S)N(c2ccccc2F)C(=O)C1=Cc1ccc(Sc2ccccc2)o1. The molecule has 0 unspecified atom stereocenters. The second-order valence-corrected chi connectivity index (χ2v) is 7.45. The highest BCUT2D eigenvalue weighted by Crippen LogP contribution is 2.30. The van der Waals surface area contributed by atoms with Crippen LogP contribution >= 0.6 is 24.0 Å². The number of amides is 2. The zero-order chi connectivity index (χ0) is 20.4. The van der Waals surface area contributed by atoms with E-state index in [-0.39, 0.29) is 16.4 Å². The second kappa shape index (κ2) is 8.02.